The van der Waals surface area contributed by atoms with Crippen molar-refractivity contribution in [3.63, 3.8) is 0 Å². The van der Waals surface area contributed by atoms with Crippen molar-refractivity contribution in [2.45, 2.75) is 31.2 Å². The monoisotopic (exact) mass is 222 g/mol. The highest BCUT2D eigenvalue weighted by Crippen LogP contribution is 2.07. The molecule has 1 heterocycles. The van der Waals surface area contributed by atoms with E-state index < -0.39 is 15.3 Å². The molecular weight excluding hydrogens is 204 g/mol. The van der Waals surface area contributed by atoms with Gasteiger partial charge in [-0.3, -0.25) is 0 Å². The van der Waals surface area contributed by atoms with Crippen LogP contribution in [0.5, 0.6) is 0 Å². The maximum absolute atomic E-state index is 11.6. The van der Waals surface area contributed by atoms with Crippen LogP contribution in [0.25, 0.3) is 0 Å². The second-order valence-electron chi connectivity index (χ2n) is 3.75. The minimum atomic E-state index is -3.19. The molecule has 0 saturated carbocycles. The average molecular weight is 222 g/mol. The summed E-state index contributed by atoms with van der Waals surface area (Å²) in [5, 5.41) is 2.68. The number of hydrogen-bond donors (Lipinski definition) is 2. The molecule has 0 radical (unpaired) electrons. The van der Waals surface area contributed by atoms with Gasteiger partial charge < -0.3 is 10.1 Å². The van der Waals surface area contributed by atoms with Gasteiger partial charge >= 0.3 is 0 Å². The molecule has 2 atom stereocenters. The number of rotatable bonds is 4. The number of hydrogen-bond acceptors (Lipinski definition) is 4. The molecule has 1 aliphatic heterocycles. The number of nitrogens with one attached hydrogen (secondary N) is 2. The first-order valence-corrected chi connectivity index (χ1v) is 6.26. The SMILES string of the molecule is CO[C@H]1CNCC1NS(=O)(=O)C(C)C. The lowest BCUT2D eigenvalue weighted by molar-refractivity contribution is 0.103. The molecule has 84 valence electrons. The highest BCUT2D eigenvalue weighted by atomic mass is 32.2. The molecule has 0 amide bonds. The van der Waals surface area contributed by atoms with Crippen LogP contribution in [-0.4, -0.2) is 46.0 Å². The van der Waals surface area contributed by atoms with Gasteiger partial charge in [-0.05, 0) is 13.8 Å². The molecule has 0 aromatic heterocycles. The van der Waals surface area contributed by atoms with Gasteiger partial charge in [0.15, 0.2) is 0 Å². The summed E-state index contributed by atoms with van der Waals surface area (Å²) in [6, 6.07) is -0.146. The van der Waals surface area contributed by atoms with Gasteiger partial charge in [-0.1, -0.05) is 0 Å². The number of ether oxygens (including phenoxy) is 1. The van der Waals surface area contributed by atoms with Crippen LogP contribution in [0.1, 0.15) is 13.8 Å². The molecular formula is C8H18N2O3S. The molecule has 5 nitrogen and oxygen atoms in total. The predicted molar refractivity (Wildman–Crippen MR) is 54.6 cm³/mol. The first-order valence-electron chi connectivity index (χ1n) is 4.72. The smallest absolute Gasteiger partial charge is 0.214 e. The van der Waals surface area contributed by atoms with Gasteiger partial charge in [-0.15, -0.1) is 0 Å². The first kappa shape index (κ1) is 11.9. The minimum Gasteiger partial charge on any atom is -0.378 e. The first-order chi connectivity index (χ1) is 6.47. The van der Waals surface area contributed by atoms with E-state index in [4.69, 9.17) is 4.74 Å². The van der Waals surface area contributed by atoms with E-state index in [1.165, 1.54) is 0 Å². The summed E-state index contributed by atoms with van der Waals surface area (Å²) in [5.41, 5.74) is 0. The molecule has 1 fully saturated rings. The van der Waals surface area contributed by atoms with E-state index in [1.54, 1.807) is 21.0 Å². The normalized spacial score (nSPS) is 28.6. The van der Waals surface area contributed by atoms with Crippen LogP contribution in [0.15, 0.2) is 0 Å². The van der Waals surface area contributed by atoms with Gasteiger partial charge in [0.1, 0.15) is 0 Å². The van der Waals surface area contributed by atoms with Crippen LogP contribution in [0.3, 0.4) is 0 Å². The summed E-state index contributed by atoms with van der Waals surface area (Å²) < 4.78 is 30.9. The summed E-state index contributed by atoms with van der Waals surface area (Å²) in [6.45, 7) is 4.64. The highest BCUT2D eigenvalue weighted by Gasteiger charge is 2.31. The Hall–Kier alpha value is -0.170. The zero-order valence-corrected chi connectivity index (χ0v) is 9.60. The Morgan fingerprint density at radius 1 is 1.43 bits per heavy atom. The third kappa shape index (κ3) is 2.66. The zero-order valence-electron chi connectivity index (χ0n) is 8.78. The highest BCUT2D eigenvalue weighted by molar-refractivity contribution is 7.90. The molecule has 1 saturated heterocycles. The lowest BCUT2D eigenvalue weighted by Crippen LogP contribution is -2.45. The molecule has 2 N–H and O–H groups in total. The van der Waals surface area contributed by atoms with E-state index >= 15 is 0 Å². The standard InChI is InChI=1S/C8H18N2O3S/c1-6(2)14(11,12)10-7-4-9-5-8(7)13-3/h6-10H,4-5H2,1-3H3/t7?,8-/m0/s1. The Bertz CT molecular complexity index is 276. The number of sulfonamides is 1. The van der Waals surface area contributed by atoms with Gasteiger partial charge in [-0.25, -0.2) is 13.1 Å². The minimum absolute atomic E-state index is 0.0662. The van der Waals surface area contributed by atoms with Crippen LogP contribution in [0.2, 0.25) is 0 Å². The van der Waals surface area contributed by atoms with Gasteiger partial charge in [-0.2, -0.15) is 0 Å². The van der Waals surface area contributed by atoms with Crippen LogP contribution in [-0.2, 0) is 14.8 Å². The molecule has 0 aromatic carbocycles. The Kier molecular flexibility index (Phi) is 3.88. The third-order valence-electron chi connectivity index (χ3n) is 2.40. The maximum Gasteiger partial charge on any atom is 0.214 e. The second kappa shape index (κ2) is 4.57. The molecule has 1 rings (SSSR count). The summed E-state index contributed by atoms with van der Waals surface area (Å²) in [7, 11) is -1.60. The van der Waals surface area contributed by atoms with E-state index in [1.807, 2.05) is 0 Å². The summed E-state index contributed by atoms with van der Waals surface area (Å²) >= 11 is 0. The van der Waals surface area contributed by atoms with E-state index in [0.29, 0.717) is 13.1 Å². The fourth-order valence-electron chi connectivity index (χ4n) is 1.37. The summed E-state index contributed by atoms with van der Waals surface area (Å²) in [4.78, 5) is 0. The van der Waals surface area contributed by atoms with Gasteiger partial charge in [0.05, 0.1) is 17.4 Å². The van der Waals surface area contributed by atoms with Crippen LogP contribution in [0.4, 0.5) is 0 Å². The van der Waals surface area contributed by atoms with Crippen molar-refractivity contribution >= 4 is 10.0 Å². The molecule has 0 spiro atoms. The maximum atomic E-state index is 11.6. The molecule has 0 bridgehead atoms. The fourth-order valence-corrected chi connectivity index (χ4v) is 2.30. The van der Waals surface area contributed by atoms with E-state index in [9.17, 15) is 8.42 Å². The molecule has 0 aromatic rings. The lowest BCUT2D eigenvalue weighted by Gasteiger charge is -2.19. The Morgan fingerprint density at radius 2 is 2.07 bits per heavy atom. The van der Waals surface area contributed by atoms with Gasteiger partial charge in [0, 0.05) is 20.2 Å². The van der Waals surface area contributed by atoms with Crippen LogP contribution < -0.4 is 10.0 Å². The van der Waals surface area contributed by atoms with Crippen LogP contribution >= 0.6 is 0 Å². The van der Waals surface area contributed by atoms with Crippen molar-refractivity contribution in [1.82, 2.24) is 10.0 Å². The van der Waals surface area contributed by atoms with Crippen molar-refractivity contribution in [2.75, 3.05) is 20.2 Å². The van der Waals surface area contributed by atoms with Crippen molar-refractivity contribution in [3.8, 4) is 0 Å². The van der Waals surface area contributed by atoms with Crippen molar-refractivity contribution in [3.05, 3.63) is 0 Å². The molecule has 0 aliphatic carbocycles. The Morgan fingerprint density at radius 3 is 2.57 bits per heavy atom. The average Bonchev–Trinajstić information content (AvgIpc) is 2.50. The van der Waals surface area contributed by atoms with Crippen molar-refractivity contribution in [2.24, 2.45) is 0 Å². The van der Waals surface area contributed by atoms with Crippen molar-refractivity contribution < 1.29 is 13.2 Å². The van der Waals surface area contributed by atoms with E-state index in [2.05, 4.69) is 10.0 Å². The van der Waals surface area contributed by atoms with Gasteiger partial charge in [0.2, 0.25) is 10.0 Å². The molecule has 6 heteroatoms. The molecule has 14 heavy (non-hydrogen) atoms. The fraction of sp³-hybridized carbons (Fsp3) is 1.00. The van der Waals surface area contributed by atoms with Gasteiger partial charge in [0.25, 0.3) is 0 Å². The molecule has 1 unspecified atom stereocenters. The lowest BCUT2D eigenvalue weighted by atomic mass is 10.2. The topological polar surface area (TPSA) is 67.4 Å². The number of methoxy groups -OCH3 is 1. The quantitative estimate of drug-likeness (QED) is 0.660. The summed E-state index contributed by atoms with van der Waals surface area (Å²) in [5.74, 6) is 0. The predicted octanol–water partition coefficient (Wildman–Crippen LogP) is -0.699. The zero-order chi connectivity index (χ0) is 10.8. The van der Waals surface area contributed by atoms with E-state index in [0.717, 1.165) is 0 Å². The largest absolute Gasteiger partial charge is 0.378 e. The van der Waals surface area contributed by atoms with Crippen molar-refractivity contribution in [1.29, 1.82) is 0 Å². The third-order valence-corrected chi connectivity index (χ3v) is 4.27. The van der Waals surface area contributed by atoms with E-state index in [-0.39, 0.29) is 12.1 Å². The second-order valence-corrected chi connectivity index (χ2v) is 6.02. The Balaban J connectivity index is 2.60. The summed E-state index contributed by atoms with van der Waals surface area (Å²) in [6.07, 6.45) is -0.0662. The molecule has 1 aliphatic rings. The Labute approximate surface area is 85.3 Å². The van der Waals surface area contributed by atoms with Crippen LogP contribution in [0, 0.1) is 0 Å².